The van der Waals surface area contributed by atoms with Crippen LogP contribution in [0.2, 0.25) is 5.02 Å². The molecule has 0 radical (unpaired) electrons. The van der Waals surface area contributed by atoms with Crippen molar-refractivity contribution in [3.05, 3.63) is 189 Å². The second-order valence-corrected chi connectivity index (χ2v) is 13.8. The van der Waals surface area contributed by atoms with E-state index in [1.165, 1.54) is 15.7 Å². The van der Waals surface area contributed by atoms with E-state index >= 15 is 0 Å². The fraction of sp³-hybridized carbons (Fsp3) is 0.0444. The number of aromatic nitrogens is 8. The van der Waals surface area contributed by atoms with Gasteiger partial charge in [0.25, 0.3) is 0 Å². The third-order valence-corrected chi connectivity index (χ3v) is 9.62. The molecule has 58 heavy (non-hydrogen) atoms. The van der Waals surface area contributed by atoms with Gasteiger partial charge in [-0.25, -0.2) is 14.3 Å². The van der Waals surface area contributed by atoms with E-state index in [0.29, 0.717) is 27.4 Å². The standard InChI is InChI=1S/C24H17N3O2.C21H14ClN5O2/c1-16-23(18-10-6-3-7-11-18)26-27(25-16)20-13-12-19-14-21(17-8-4-2-5-9-17)24(28)29-22(19)15-20;1-13-20(14-5-3-2-4-6-14)25-27(24-13)17-8-7-15-9-18(21(28)29-19(15)10-17)26-12-16(22)11-23-26/h2-15H,1H3;2-12H,1H3. The summed E-state index contributed by atoms with van der Waals surface area (Å²) in [5.74, 6) is 0. The molecule has 0 saturated heterocycles. The van der Waals surface area contributed by atoms with E-state index in [0.717, 1.165) is 55.9 Å². The molecule has 0 unspecified atom stereocenters. The summed E-state index contributed by atoms with van der Waals surface area (Å²) >= 11 is 5.90. The molecule has 12 nitrogen and oxygen atoms in total. The van der Waals surface area contributed by atoms with Gasteiger partial charge in [0.15, 0.2) is 5.69 Å². The number of rotatable bonds is 6. The van der Waals surface area contributed by atoms with E-state index in [4.69, 9.17) is 20.4 Å². The smallest absolute Gasteiger partial charge is 0.362 e. The molecule has 5 aromatic carbocycles. The second kappa shape index (κ2) is 15.1. The molecule has 10 aromatic rings. The topological polar surface area (TPSA) is 140 Å². The molecular formula is C45H31ClN8O4. The summed E-state index contributed by atoms with van der Waals surface area (Å²) in [6.07, 6.45) is 3.01. The van der Waals surface area contributed by atoms with Crippen molar-refractivity contribution < 1.29 is 8.83 Å². The van der Waals surface area contributed by atoms with Gasteiger partial charge in [-0.2, -0.15) is 24.9 Å². The first-order chi connectivity index (χ1) is 28.3. The fourth-order valence-electron chi connectivity index (χ4n) is 6.56. The van der Waals surface area contributed by atoms with Crippen molar-refractivity contribution in [1.29, 1.82) is 0 Å². The normalized spacial score (nSPS) is 11.2. The quantitative estimate of drug-likeness (QED) is 0.151. The highest BCUT2D eigenvalue weighted by Gasteiger charge is 2.15. The summed E-state index contributed by atoms with van der Waals surface area (Å²) < 4.78 is 12.5. The number of nitrogens with zero attached hydrogens (tertiary/aromatic N) is 8. The molecule has 5 aromatic heterocycles. The van der Waals surface area contributed by atoms with Gasteiger partial charge in [-0.05, 0) is 55.8 Å². The Morgan fingerprint density at radius 2 is 1.02 bits per heavy atom. The van der Waals surface area contributed by atoms with E-state index in [1.54, 1.807) is 29.2 Å². The van der Waals surface area contributed by atoms with E-state index in [2.05, 4.69) is 25.5 Å². The molecule has 0 amide bonds. The summed E-state index contributed by atoms with van der Waals surface area (Å²) in [6, 6.07) is 44.0. The third-order valence-electron chi connectivity index (χ3n) is 9.42. The Labute approximate surface area is 334 Å². The van der Waals surface area contributed by atoms with Gasteiger partial charge in [-0.1, -0.05) is 103 Å². The molecule has 0 bridgehead atoms. The van der Waals surface area contributed by atoms with Crippen molar-refractivity contribution >= 4 is 33.5 Å². The number of hydrogen-bond donors (Lipinski definition) is 0. The lowest BCUT2D eigenvalue weighted by atomic mass is 10.1. The van der Waals surface area contributed by atoms with Gasteiger partial charge >= 0.3 is 11.3 Å². The Balaban J connectivity index is 0.000000150. The highest BCUT2D eigenvalue weighted by Crippen LogP contribution is 2.26. The molecule has 282 valence electrons. The number of fused-ring (bicyclic) bond motifs is 2. The van der Waals surface area contributed by atoms with E-state index in [1.807, 2.05) is 135 Å². The monoisotopic (exact) mass is 782 g/mol. The molecule has 0 spiro atoms. The Morgan fingerprint density at radius 1 is 0.534 bits per heavy atom. The minimum absolute atomic E-state index is 0.288. The first kappa shape index (κ1) is 36.0. The van der Waals surface area contributed by atoms with Gasteiger partial charge < -0.3 is 8.83 Å². The maximum atomic E-state index is 12.5. The molecule has 0 fully saturated rings. The minimum Gasteiger partial charge on any atom is -0.422 e. The molecule has 13 heteroatoms. The second-order valence-electron chi connectivity index (χ2n) is 13.4. The van der Waals surface area contributed by atoms with Gasteiger partial charge in [-0.15, -0.1) is 10.2 Å². The van der Waals surface area contributed by atoms with Crippen molar-refractivity contribution in [2.75, 3.05) is 0 Å². The lowest BCUT2D eigenvalue weighted by Gasteiger charge is -2.04. The molecular weight excluding hydrogens is 752 g/mol. The predicted molar refractivity (Wildman–Crippen MR) is 223 cm³/mol. The predicted octanol–water partition coefficient (Wildman–Crippen LogP) is 9.20. The Morgan fingerprint density at radius 3 is 1.52 bits per heavy atom. The lowest BCUT2D eigenvalue weighted by Crippen LogP contribution is -2.10. The van der Waals surface area contributed by atoms with Crippen LogP contribution < -0.4 is 11.3 Å². The first-order valence-electron chi connectivity index (χ1n) is 18.2. The zero-order valence-corrected chi connectivity index (χ0v) is 31.8. The molecule has 0 N–H and O–H groups in total. The van der Waals surface area contributed by atoms with Crippen LogP contribution >= 0.6 is 11.6 Å². The third kappa shape index (κ3) is 7.11. The zero-order chi connectivity index (χ0) is 39.8. The Kier molecular flexibility index (Phi) is 9.36. The van der Waals surface area contributed by atoms with Gasteiger partial charge in [0.1, 0.15) is 22.6 Å². The molecule has 0 aliphatic carbocycles. The number of benzene rings is 5. The summed E-state index contributed by atoms with van der Waals surface area (Å²) in [7, 11) is 0. The van der Waals surface area contributed by atoms with Crippen LogP contribution in [0.5, 0.6) is 0 Å². The maximum absolute atomic E-state index is 12.5. The zero-order valence-electron chi connectivity index (χ0n) is 31.0. The minimum atomic E-state index is -0.510. The summed E-state index contributed by atoms with van der Waals surface area (Å²) in [5, 5.41) is 24.4. The van der Waals surface area contributed by atoms with Gasteiger partial charge in [-0.3, -0.25) is 0 Å². The van der Waals surface area contributed by atoms with E-state index in [9.17, 15) is 9.59 Å². The highest BCUT2D eigenvalue weighted by molar-refractivity contribution is 6.30. The molecule has 0 aliphatic heterocycles. The van der Waals surface area contributed by atoms with Gasteiger partial charge in [0.2, 0.25) is 0 Å². The van der Waals surface area contributed by atoms with Crippen molar-refractivity contribution in [2.24, 2.45) is 0 Å². The van der Waals surface area contributed by atoms with Crippen LogP contribution in [0.1, 0.15) is 11.4 Å². The molecule has 0 aliphatic rings. The van der Waals surface area contributed by atoms with E-state index < -0.39 is 5.63 Å². The number of halogens is 1. The number of hydrogen-bond acceptors (Lipinski definition) is 9. The van der Waals surface area contributed by atoms with Crippen LogP contribution in [0.25, 0.3) is 72.6 Å². The molecule has 0 saturated carbocycles. The van der Waals surface area contributed by atoms with Crippen LogP contribution in [0.3, 0.4) is 0 Å². The van der Waals surface area contributed by atoms with E-state index in [-0.39, 0.29) is 11.3 Å². The van der Waals surface area contributed by atoms with Gasteiger partial charge in [0.05, 0.1) is 39.5 Å². The molecule has 5 heterocycles. The highest BCUT2D eigenvalue weighted by atomic mass is 35.5. The van der Waals surface area contributed by atoms with Crippen LogP contribution in [0.15, 0.2) is 170 Å². The van der Waals surface area contributed by atoms with Crippen molar-refractivity contribution in [3.8, 4) is 50.7 Å². The largest absolute Gasteiger partial charge is 0.422 e. The Bertz CT molecular complexity index is 3210. The SMILES string of the molecule is Cc1nn(-c2ccc3cc(-c4ccccc4)c(=O)oc3c2)nc1-c1ccccc1.Cc1nn(-c2ccc3cc(-n4cc(Cl)cn4)c(=O)oc3c2)nc1-c1ccccc1. The summed E-state index contributed by atoms with van der Waals surface area (Å²) in [6.45, 7) is 3.84. The van der Waals surface area contributed by atoms with Crippen LogP contribution in [-0.2, 0) is 0 Å². The van der Waals surface area contributed by atoms with Gasteiger partial charge in [0, 0.05) is 40.2 Å². The lowest BCUT2D eigenvalue weighted by molar-refractivity contribution is 0.551. The molecule has 0 atom stereocenters. The van der Waals surface area contributed by atoms with Crippen LogP contribution in [0.4, 0.5) is 0 Å². The van der Waals surface area contributed by atoms with Crippen molar-refractivity contribution in [1.82, 2.24) is 39.8 Å². The average molecular weight is 783 g/mol. The van der Waals surface area contributed by atoms with Crippen molar-refractivity contribution in [2.45, 2.75) is 13.8 Å². The Hall–Kier alpha value is -7.70. The fourth-order valence-corrected chi connectivity index (χ4v) is 6.70. The van der Waals surface area contributed by atoms with Crippen LogP contribution in [0, 0.1) is 13.8 Å². The van der Waals surface area contributed by atoms with Crippen LogP contribution in [-0.4, -0.2) is 39.8 Å². The summed E-state index contributed by atoms with van der Waals surface area (Å²) in [5.41, 5.74) is 8.44. The van der Waals surface area contributed by atoms with Crippen molar-refractivity contribution in [3.63, 3.8) is 0 Å². The number of aryl methyl sites for hydroxylation is 2. The maximum Gasteiger partial charge on any atom is 0.362 e. The molecule has 10 rings (SSSR count). The average Bonchev–Trinajstić information content (AvgIpc) is 3.98. The first-order valence-corrected chi connectivity index (χ1v) is 18.6. The summed E-state index contributed by atoms with van der Waals surface area (Å²) in [4.78, 5) is 28.1.